The fourth-order valence-electron chi connectivity index (χ4n) is 8.59. The van der Waals surface area contributed by atoms with E-state index in [4.69, 9.17) is 9.47 Å². The van der Waals surface area contributed by atoms with Crippen molar-refractivity contribution < 1.29 is 51.7 Å². The maximum atomic E-state index is 14.0. The summed E-state index contributed by atoms with van der Waals surface area (Å²) in [6.45, 7) is 9.20. The van der Waals surface area contributed by atoms with E-state index >= 15 is 0 Å². The number of unbranched alkanes of at least 4 members (excludes halogenated alkanes) is 2. The van der Waals surface area contributed by atoms with Crippen molar-refractivity contribution in [1.82, 2.24) is 55.7 Å². The Balaban J connectivity index is 0.736. The van der Waals surface area contributed by atoms with E-state index in [2.05, 4.69) is 41.4 Å². The number of aryl methyl sites for hydroxylation is 2. The summed E-state index contributed by atoms with van der Waals surface area (Å²) in [7, 11) is 1.61. The molecule has 6 aromatic rings. The molecule has 19 nitrogen and oxygen atoms in total. The highest BCUT2D eigenvalue weighted by Crippen LogP contribution is 2.33. The summed E-state index contributed by atoms with van der Waals surface area (Å²) >= 11 is 1.56. The number of amides is 5. The van der Waals surface area contributed by atoms with Crippen LogP contribution in [0, 0.1) is 12.3 Å². The third-order valence-electron chi connectivity index (χ3n) is 12.5. The molecule has 396 valence electrons. The lowest BCUT2D eigenvalue weighted by Gasteiger charge is -2.35. The van der Waals surface area contributed by atoms with Crippen LogP contribution >= 0.6 is 11.3 Å². The number of β-amino-alcohol motifs (C(OH)–C–C–N with tert-alkyl or cyclic N) is 1. The molecule has 0 unspecified atom stereocenters. The third-order valence-corrected chi connectivity index (χ3v) is 13.4. The molecule has 74 heavy (non-hydrogen) atoms. The summed E-state index contributed by atoms with van der Waals surface area (Å²) in [5, 5.41) is 31.3. The number of nitrogens with zero attached hydrogens (tertiary/aromatic N) is 7. The van der Waals surface area contributed by atoms with E-state index in [1.54, 1.807) is 46.7 Å². The predicted octanol–water partition coefficient (Wildman–Crippen LogP) is 5.40. The molecular formula is C51H62F3N11O8S. The van der Waals surface area contributed by atoms with Crippen molar-refractivity contribution in [1.29, 1.82) is 0 Å². The number of hydrogen-bond acceptors (Lipinski definition) is 13. The van der Waals surface area contributed by atoms with Crippen LogP contribution < -0.4 is 21.3 Å². The number of likely N-dealkylation sites (tertiary alicyclic amines) is 1. The number of nitrogens with one attached hydrogen (secondary N) is 4. The summed E-state index contributed by atoms with van der Waals surface area (Å²) in [4.78, 5) is 78.1. The van der Waals surface area contributed by atoms with Crippen LogP contribution in [-0.4, -0.2) is 133 Å². The predicted molar refractivity (Wildman–Crippen MR) is 270 cm³/mol. The molecule has 5 N–H and O–H groups in total. The zero-order chi connectivity index (χ0) is 53.2. The lowest BCUT2D eigenvalue weighted by molar-refractivity contribution is -0.144. The highest BCUT2D eigenvalue weighted by Gasteiger charge is 2.44. The van der Waals surface area contributed by atoms with Crippen molar-refractivity contribution in [3.63, 3.8) is 0 Å². The van der Waals surface area contributed by atoms with Gasteiger partial charge in [0.05, 0.1) is 59.7 Å². The number of benzene rings is 2. The van der Waals surface area contributed by atoms with Gasteiger partial charge < -0.3 is 40.7 Å². The SMILES string of the molecule is Cc1ncsc1-c1ccc(CNC(=O)[C@@H]2C[C@@H](O)CN2C(=O)[C@@H](NC(=O)CCCCCC(=O)NCCOCCOCCNC(=O)c2ccc3c(c2)c2nn(C)nc2n3-c2ccc(C(F)(F)F)cn2)C(C)(C)C)cc1. The molecule has 4 aromatic heterocycles. The molecule has 0 spiro atoms. The van der Waals surface area contributed by atoms with E-state index in [1.165, 1.54) is 15.8 Å². The van der Waals surface area contributed by atoms with Gasteiger partial charge in [-0.25, -0.2) is 9.97 Å². The zero-order valence-electron chi connectivity index (χ0n) is 42.0. The number of aliphatic hydroxyl groups excluding tert-OH is 1. The first-order valence-corrected chi connectivity index (χ1v) is 25.3. The van der Waals surface area contributed by atoms with Gasteiger partial charge in [-0.1, -0.05) is 51.5 Å². The van der Waals surface area contributed by atoms with Gasteiger partial charge in [-0.2, -0.15) is 23.1 Å². The number of rotatable bonds is 23. The average molecular weight is 1050 g/mol. The topological polar surface area (TPSA) is 237 Å². The van der Waals surface area contributed by atoms with Gasteiger partial charge in [-0.05, 0) is 66.6 Å². The van der Waals surface area contributed by atoms with E-state index in [1.807, 2.05) is 52.0 Å². The molecule has 1 aliphatic rings. The Morgan fingerprint density at radius 3 is 2.20 bits per heavy atom. The number of alkyl halides is 3. The minimum atomic E-state index is -4.53. The Morgan fingerprint density at radius 1 is 0.851 bits per heavy atom. The minimum absolute atomic E-state index is 0.0225. The lowest BCUT2D eigenvalue weighted by Crippen LogP contribution is -2.57. The minimum Gasteiger partial charge on any atom is -0.391 e. The Bertz CT molecular complexity index is 2920. The quantitative estimate of drug-likeness (QED) is 0.0508. The number of ether oxygens (including phenoxy) is 2. The van der Waals surface area contributed by atoms with Crippen molar-refractivity contribution in [2.45, 2.75) is 97.1 Å². The second-order valence-electron chi connectivity index (χ2n) is 19.2. The van der Waals surface area contributed by atoms with Gasteiger partial charge in [-0.3, -0.25) is 28.5 Å². The molecule has 3 atom stereocenters. The molecule has 1 saturated heterocycles. The standard InChI is InChI=1S/C51H62F3N11O8S/c1-31-44(74-30-59-31)33-13-11-32(12-14-33)27-58-48(70)39-26-36(66)29-64(39)49(71)45(50(2,3)4)60-42(68)10-8-6-7-9-41(67)55-19-21-72-23-24-73-22-20-56-47(69)34-15-17-38-37(25-34)43-46(62-63(5)61-43)65(38)40-18-16-35(28-57-40)51(52,53)54/h11-18,25,28,30,36,39,45,66H,6-10,19-24,26-27,29H2,1-5H3,(H,55,67)(H,56,69)(H,58,70)(H,60,68)/t36-,39+,45-/m1/s1. The zero-order valence-corrected chi connectivity index (χ0v) is 42.8. The van der Waals surface area contributed by atoms with Crippen molar-refractivity contribution >= 4 is 62.9 Å². The molecule has 1 fully saturated rings. The first-order chi connectivity index (χ1) is 35.3. The number of aromatic nitrogens is 6. The van der Waals surface area contributed by atoms with Gasteiger partial charge >= 0.3 is 6.18 Å². The van der Waals surface area contributed by atoms with Gasteiger partial charge in [-0.15, -0.1) is 16.4 Å². The second-order valence-corrected chi connectivity index (χ2v) is 20.0. The van der Waals surface area contributed by atoms with E-state index in [9.17, 15) is 42.3 Å². The summed E-state index contributed by atoms with van der Waals surface area (Å²) in [5.74, 6) is -1.43. The monoisotopic (exact) mass is 1050 g/mol. The Morgan fingerprint density at radius 2 is 1.55 bits per heavy atom. The molecule has 0 bridgehead atoms. The third kappa shape index (κ3) is 14.1. The van der Waals surface area contributed by atoms with Crippen LogP contribution in [0.1, 0.15) is 86.5 Å². The van der Waals surface area contributed by atoms with Crippen LogP contribution in [0.5, 0.6) is 0 Å². The molecule has 2 aromatic carbocycles. The van der Waals surface area contributed by atoms with Crippen molar-refractivity contribution in [3.05, 3.63) is 88.7 Å². The van der Waals surface area contributed by atoms with Crippen molar-refractivity contribution in [2.75, 3.05) is 46.1 Å². The molecule has 1 aliphatic heterocycles. The Kier molecular flexibility index (Phi) is 18.2. The van der Waals surface area contributed by atoms with Crippen LogP contribution in [0.4, 0.5) is 13.2 Å². The summed E-state index contributed by atoms with van der Waals surface area (Å²) in [6, 6.07) is 13.1. The summed E-state index contributed by atoms with van der Waals surface area (Å²) in [5.41, 5.74) is 4.84. The molecule has 0 aliphatic carbocycles. The number of hydrogen-bond donors (Lipinski definition) is 5. The normalized spacial score (nSPS) is 15.4. The molecule has 0 saturated carbocycles. The van der Waals surface area contributed by atoms with Gasteiger partial charge in [0.2, 0.25) is 23.6 Å². The smallest absolute Gasteiger partial charge is 0.391 e. The van der Waals surface area contributed by atoms with E-state index < -0.39 is 41.2 Å². The maximum absolute atomic E-state index is 14.0. The van der Waals surface area contributed by atoms with Crippen LogP contribution in [0.2, 0.25) is 0 Å². The lowest BCUT2D eigenvalue weighted by atomic mass is 9.85. The van der Waals surface area contributed by atoms with Gasteiger partial charge in [0.1, 0.15) is 23.4 Å². The fraction of sp³-hybridized carbons (Fsp3) is 0.471. The van der Waals surface area contributed by atoms with E-state index in [-0.39, 0.29) is 94.8 Å². The first kappa shape index (κ1) is 54.9. The highest BCUT2D eigenvalue weighted by atomic mass is 32.1. The Labute approximate surface area is 429 Å². The molecule has 7 rings (SSSR count). The van der Waals surface area contributed by atoms with Crippen molar-refractivity contribution in [2.24, 2.45) is 12.5 Å². The van der Waals surface area contributed by atoms with Crippen molar-refractivity contribution in [3.8, 4) is 16.3 Å². The number of halogens is 3. The molecule has 5 heterocycles. The van der Waals surface area contributed by atoms with Gasteiger partial charge in [0, 0.05) is 69.6 Å². The average Bonchev–Trinajstić information content (AvgIpc) is 4.14. The number of carbonyl (C=O) groups is 5. The molecule has 5 amide bonds. The highest BCUT2D eigenvalue weighted by molar-refractivity contribution is 7.13. The number of aliphatic hydroxyl groups is 1. The van der Waals surface area contributed by atoms with Crippen LogP contribution in [-0.2, 0) is 48.4 Å². The Hall–Kier alpha value is -6.82. The van der Waals surface area contributed by atoms with Crippen LogP contribution in [0.25, 0.3) is 38.3 Å². The summed E-state index contributed by atoms with van der Waals surface area (Å²) < 4.78 is 52.2. The first-order valence-electron chi connectivity index (χ1n) is 24.4. The van der Waals surface area contributed by atoms with Crippen LogP contribution in [0.15, 0.2) is 66.3 Å². The van der Waals surface area contributed by atoms with Crippen LogP contribution in [0.3, 0.4) is 0 Å². The number of fused-ring (bicyclic) bond motifs is 3. The second kappa shape index (κ2) is 24.5. The number of thiazole rings is 1. The van der Waals surface area contributed by atoms with E-state index in [0.717, 1.165) is 34.0 Å². The van der Waals surface area contributed by atoms with E-state index in [0.29, 0.717) is 53.4 Å². The number of carbonyl (C=O) groups excluding carboxylic acids is 5. The maximum Gasteiger partial charge on any atom is 0.417 e. The van der Waals surface area contributed by atoms with Gasteiger partial charge in [0.25, 0.3) is 5.91 Å². The molecule has 0 radical (unpaired) electrons. The fourth-order valence-corrected chi connectivity index (χ4v) is 9.40. The molecular weight excluding hydrogens is 984 g/mol. The largest absolute Gasteiger partial charge is 0.417 e. The molecule has 23 heteroatoms. The van der Waals surface area contributed by atoms with Gasteiger partial charge in [0.15, 0.2) is 5.65 Å². The summed E-state index contributed by atoms with van der Waals surface area (Å²) in [6.07, 6.45) is -2.48. The number of pyridine rings is 1.